The molecule has 0 spiro atoms. The van der Waals surface area contributed by atoms with Crippen LogP contribution in [-0.2, 0) is 9.53 Å². The maximum Gasteiger partial charge on any atom is 0.363 e. The molecule has 33 heavy (non-hydrogen) atoms. The van der Waals surface area contributed by atoms with E-state index in [4.69, 9.17) is 25.8 Å². The number of hydrogen-bond acceptors (Lipinski definition) is 6. The smallest absolute Gasteiger partial charge is 0.363 e. The highest BCUT2D eigenvalue weighted by Gasteiger charge is 2.26. The molecule has 0 radical (unpaired) electrons. The number of carbonyl (C=O) groups is 2. The number of nitrogens with zero attached hydrogens (tertiary/aromatic N) is 1. The molecule has 3 aromatic carbocycles. The van der Waals surface area contributed by atoms with Gasteiger partial charge >= 0.3 is 11.9 Å². The summed E-state index contributed by atoms with van der Waals surface area (Å²) < 4.78 is 43.0. The molecular formula is C24H14ClF2NO5. The second-order valence-electron chi connectivity index (χ2n) is 6.74. The first-order valence-corrected chi connectivity index (χ1v) is 9.86. The second kappa shape index (κ2) is 9.22. The summed E-state index contributed by atoms with van der Waals surface area (Å²) in [5, 5.41) is 0.419. The molecule has 9 heteroatoms. The summed E-state index contributed by atoms with van der Waals surface area (Å²) in [5.74, 6) is -3.34. The zero-order valence-electron chi connectivity index (χ0n) is 17.0. The summed E-state index contributed by atoms with van der Waals surface area (Å²) in [5.41, 5.74) is 0.215. The fourth-order valence-electron chi connectivity index (χ4n) is 3.01. The van der Waals surface area contributed by atoms with E-state index < -0.39 is 29.1 Å². The van der Waals surface area contributed by atoms with Crippen molar-refractivity contribution in [1.29, 1.82) is 0 Å². The van der Waals surface area contributed by atoms with Crippen LogP contribution < -0.4 is 9.47 Å². The summed E-state index contributed by atoms with van der Waals surface area (Å²) in [6.07, 6.45) is 1.47. The zero-order valence-corrected chi connectivity index (χ0v) is 17.7. The fraction of sp³-hybridized carbons (Fsp3) is 0.0417. The topological polar surface area (TPSA) is 74.2 Å². The Bertz CT molecular complexity index is 1300. The summed E-state index contributed by atoms with van der Waals surface area (Å²) >= 11 is 6.02. The number of esters is 2. The molecule has 0 aliphatic carbocycles. The zero-order chi connectivity index (χ0) is 23.5. The molecule has 166 valence electrons. The molecule has 4 rings (SSSR count). The van der Waals surface area contributed by atoms with Gasteiger partial charge in [0.25, 0.3) is 0 Å². The number of rotatable bonds is 5. The van der Waals surface area contributed by atoms with Crippen molar-refractivity contribution in [2.75, 3.05) is 7.11 Å². The fourth-order valence-corrected chi connectivity index (χ4v) is 3.18. The number of ether oxygens (including phenoxy) is 3. The van der Waals surface area contributed by atoms with Crippen LogP contribution in [0.5, 0.6) is 11.5 Å². The lowest BCUT2D eigenvalue weighted by Gasteiger charge is -2.07. The summed E-state index contributed by atoms with van der Waals surface area (Å²) in [7, 11) is 1.47. The maximum absolute atomic E-state index is 13.7. The molecule has 0 saturated carbocycles. The van der Waals surface area contributed by atoms with Gasteiger partial charge in [-0.15, -0.1) is 0 Å². The highest BCUT2D eigenvalue weighted by molar-refractivity contribution is 6.31. The van der Waals surface area contributed by atoms with Gasteiger partial charge in [0.2, 0.25) is 5.90 Å². The Balaban J connectivity index is 1.54. The first-order chi connectivity index (χ1) is 15.9. The van der Waals surface area contributed by atoms with Gasteiger partial charge in [-0.3, -0.25) is 0 Å². The van der Waals surface area contributed by atoms with Crippen molar-refractivity contribution in [2.45, 2.75) is 0 Å². The van der Waals surface area contributed by atoms with E-state index in [0.717, 1.165) is 18.2 Å². The van der Waals surface area contributed by atoms with Crippen LogP contribution >= 0.6 is 11.6 Å². The van der Waals surface area contributed by atoms with Crippen molar-refractivity contribution in [3.8, 4) is 11.5 Å². The summed E-state index contributed by atoms with van der Waals surface area (Å²) in [6, 6.07) is 13.8. The molecule has 3 aromatic rings. The Morgan fingerprint density at radius 1 is 1.06 bits per heavy atom. The molecule has 0 aromatic heterocycles. The minimum Gasteiger partial charge on any atom is -0.496 e. The van der Waals surface area contributed by atoms with Crippen LogP contribution in [0, 0.1) is 11.6 Å². The Kier molecular flexibility index (Phi) is 6.19. The lowest BCUT2D eigenvalue weighted by molar-refractivity contribution is -0.129. The number of halogens is 3. The van der Waals surface area contributed by atoms with E-state index in [-0.39, 0.29) is 17.3 Å². The largest absolute Gasteiger partial charge is 0.496 e. The summed E-state index contributed by atoms with van der Waals surface area (Å²) in [6.45, 7) is 0. The van der Waals surface area contributed by atoms with E-state index in [0.29, 0.717) is 21.9 Å². The van der Waals surface area contributed by atoms with Crippen LogP contribution in [0.2, 0.25) is 5.02 Å². The minimum absolute atomic E-state index is 0.0326. The van der Waals surface area contributed by atoms with Gasteiger partial charge in [-0.1, -0.05) is 29.8 Å². The van der Waals surface area contributed by atoms with Crippen molar-refractivity contribution in [3.63, 3.8) is 0 Å². The monoisotopic (exact) mass is 469 g/mol. The number of benzene rings is 3. The second-order valence-corrected chi connectivity index (χ2v) is 7.17. The van der Waals surface area contributed by atoms with E-state index in [1.807, 2.05) is 0 Å². The highest BCUT2D eigenvalue weighted by Crippen LogP contribution is 2.28. The third-order valence-electron chi connectivity index (χ3n) is 4.57. The van der Waals surface area contributed by atoms with Crippen molar-refractivity contribution in [1.82, 2.24) is 0 Å². The molecule has 1 aliphatic rings. The molecule has 0 fully saturated rings. The lowest BCUT2D eigenvalue weighted by Crippen LogP contribution is -2.13. The third kappa shape index (κ3) is 4.75. The van der Waals surface area contributed by atoms with E-state index >= 15 is 0 Å². The Morgan fingerprint density at radius 2 is 1.76 bits per heavy atom. The van der Waals surface area contributed by atoms with Crippen LogP contribution in [0.25, 0.3) is 6.08 Å². The van der Waals surface area contributed by atoms with E-state index in [2.05, 4.69) is 4.99 Å². The van der Waals surface area contributed by atoms with Crippen molar-refractivity contribution in [3.05, 3.63) is 99.7 Å². The van der Waals surface area contributed by atoms with Crippen LogP contribution in [0.3, 0.4) is 0 Å². The van der Waals surface area contributed by atoms with Gasteiger partial charge in [0.15, 0.2) is 5.70 Å². The van der Waals surface area contributed by atoms with E-state index in [1.165, 1.54) is 37.5 Å². The molecule has 6 nitrogen and oxygen atoms in total. The van der Waals surface area contributed by atoms with Gasteiger partial charge in [-0.25, -0.2) is 23.4 Å². The summed E-state index contributed by atoms with van der Waals surface area (Å²) in [4.78, 5) is 28.6. The highest BCUT2D eigenvalue weighted by atomic mass is 35.5. The van der Waals surface area contributed by atoms with Gasteiger partial charge in [-0.05, 0) is 54.1 Å². The van der Waals surface area contributed by atoms with Crippen LogP contribution in [-0.4, -0.2) is 24.9 Å². The van der Waals surface area contributed by atoms with Gasteiger partial charge in [-0.2, -0.15) is 0 Å². The normalized spacial score (nSPS) is 14.1. The quantitative estimate of drug-likeness (QED) is 0.292. The van der Waals surface area contributed by atoms with Crippen LogP contribution in [0.4, 0.5) is 8.78 Å². The molecule has 0 N–H and O–H groups in total. The van der Waals surface area contributed by atoms with Gasteiger partial charge in [0, 0.05) is 5.02 Å². The minimum atomic E-state index is -1.17. The molecule has 0 amide bonds. The Hall–Kier alpha value is -4.04. The molecule has 1 aliphatic heterocycles. The van der Waals surface area contributed by atoms with Gasteiger partial charge in [0.1, 0.15) is 28.7 Å². The lowest BCUT2D eigenvalue weighted by atomic mass is 10.2. The standard InChI is InChI=1S/C24H14ClF2NO5/c1-31-20-10-7-14(25)12-16(20)22-28-19(23(29)33-22)11-13-5-8-15(9-6-13)32-24(30)21-17(26)3-2-4-18(21)27/h2-12H,1H3/b19-11+. The van der Waals surface area contributed by atoms with E-state index in [9.17, 15) is 18.4 Å². The number of hydrogen-bond donors (Lipinski definition) is 0. The van der Waals surface area contributed by atoms with Crippen molar-refractivity contribution < 1.29 is 32.6 Å². The SMILES string of the molecule is COc1ccc(Cl)cc1C1=N/C(=C/c2ccc(OC(=O)c3c(F)cccc3F)cc2)C(=O)O1. The number of methoxy groups -OCH3 is 1. The van der Waals surface area contributed by atoms with Crippen LogP contribution in [0.1, 0.15) is 21.5 Å². The third-order valence-corrected chi connectivity index (χ3v) is 4.81. The Morgan fingerprint density at radius 3 is 2.42 bits per heavy atom. The van der Waals surface area contributed by atoms with E-state index in [1.54, 1.807) is 18.2 Å². The number of carbonyl (C=O) groups excluding carboxylic acids is 2. The molecule has 0 bridgehead atoms. The molecule has 1 heterocycles. The number of cyclic esters (lactones) is 1. The number of aliphatic imine (C=N–C) groups is 1. The average molecular weight is 470 g/mol. The van der Waals surface area contributed by atoms with Crippen molar-refractivity contribution >= 4 is 35.5 Å². The Labute approximate surface area is 191 Å². The molecule has 0 unspecified atom stereocenters. The van der Waals surface area contributed by atoms with Crippen molar-refractivity contribution in [2.24, 2.45) is 4.99 Å². The maximum atomic E-state index is 13.7. The average Bonchev–Trinajstić information content (AvgIpc) is 3.15. The first kappa shape index (κ1) is 22.2. The first-order valence-electron chi connectivity index (χ1n) is 9.48. The predicted octanol–water partition coefficient (Wildman–Crippen LogP) is 5.19. The van der Waals surface area contributed by atoms with Crippen LogP contribution in [0.15, 0.2) is 71.4 Å². The molecule has 0 atom stereocenters. The molecular weight excluding hydrogens is 456 g/mol. The molecule has 0 saturated heterocycles. The van der Waals surface area contributed by atoms with Gasteiger partial charge in [0.05, 0.1) is 12.7 Å². The predicted molar refractivity (Wildman–Crippen MR) is 116 cm³/mol. The van der Waals surface area contributed by atoms with Gasteiger partial charge < -0.3 is 14.2 Å².